The van der Waals surface area contributed by atoms with Crippen LogP contribution in [-0.4, -0.2) is 21.9 Å². The van der Waals surface area contributed by atoms with E-state index in [-0.39, 0.29) is 11.9 Å². The van der Waals surface area contributed by atoms with Gasteiger partial charge in [-0.1, -0.05) is 29.8 Å². The maximum absolute atomic E-state index is 12.4. The number of aryl methyl sites for hydroxylation is 1. The smallest absolute Gasteiger partial charge is 0.247 e. The van der Waals surface area contributed by atoms with E-state index >= 15 is 0 Å². The Morgan fingerprint density at radius 2 is 1.95 bits per heavy atom. The number of hydrogen-bond donors (Lipinski definition) is 0. The van der Waals surface area contributed by atoms with Crippen molar-refractivity contribution in [2.24, 2.45) is 0 Å². The molecule has 0 unspecified atom stereocenters. The summed E-state index contributed by atoms with van der Waals surface area (Å²) in [5.41, 5.74) is 3.49. The number of nitrogens with zero attached hydrogens (tertiary/aromatic N) is 2. The van der Waals surface area contributed by atoms with Crippen LogP contribution in [0.25, 0.3) is 6.08 Å². The second-order valence-corrected chi connectivity index (χ2v) is 5.58. The van der Waals surface area contributed by atoms with Gasteiger partial charge in [-0.25, -0.2) is 0 Å². The zero-order valence-electron chi connectivity index (χ0n) is 12.5. The van der Waals surface area contributed by atoms with Crippen molar-refractivity contribution in [1.82, 2.24) is 9.47 Å². The van der Waals surface area contributed by atoms with Gasteiger partial charge >= 0.3 is 0 Å². The molecule has 0 spiro atoms. The molecule has 1 aromatic heterocycles. The summed E-state index contributed by atoms with van der Waals surface area (Å²) in [6.45, 7) is 5.78. The van der Waals surface area contributed by atoms with Crippen LogP contribution in [0.1, 0.15) is 29.8 Å². The Bertz CT molecular complexity index is 667. The van der Waals surface area contributed by atoms with Gasteiger partial charge in [-0.3, -0.25) is 4.79 Å². The second kappa shape index (κ2) is 5.60. The minimum absolute atomic E-state index is 0.0792. The standard InChI is InChI=1S/C18H20N2O/c1-14-5-7-16(8-6-14)9-10-18(21)20-13-12-19-11-3-4-17(19)15(20)2/h3-11,15H,12-13H2,1-2H3/b10-9+/t15-/m0/s1. The number of fused-ring (bicyclic) bond motifs is 1. The molecule has 21 heavy (non-hydrogen) atoms. The summed E-state index contributed by atoms with van der Waals surface area (Å²) >= 11 is 0. The first-order valence-electron chi connectivity index (χ1n) is 7.35. The number of aromatic nitrogens is 1. The molecule has 3 rings (SSSR count). The highest BCUT2D eigenvalue weighted by Gasteiger charge is 2.25. The van der Waals surface area contributed by atoms with Crippen molar-refractivity contribution in [2.75, 3.05) is 6.54 Å². The molecule has 3 nitrogen and oxygen atoms in total. The maximum atomic E-state index is 12.4. The van der Waals surface area contributed by atoms with Crippen LogP contribution in [0.3, 0.4) is 0 Å². The minimum Gasteiger partial charge on any atom is -0.348 e. The quantitative estimate of drug-likeness (QED) is 0.774. The lowest BCUT2D eigenvalue weighted by Crippen LogP contribution is -2.39. The molecular weight excluding hydrogens is 260 g/mol. The largest absolute Gasteiger partial charge is 0.348 e. The predicted octanol–water partition coefficient (Wildman–Crippen LogP) is 3.41. The second-order valence-electron chi connectivity index (χ2n) is 5.58. The number of benzene rings is 1. The van der Waals surface area contributed by atoms with Gasteiger partial charge < -0.3 is 9.47 Å². The lowest BCUT2D eigenvalue weighted by molar-refractivity contribution is -0.129. The third kappa shape index (κ3) is 2.77. The van der Waals surface area contributed by atoms with E-state index in [1.807, 2.05) is 29.2 Å². The van der Waals surface area contributed by atoms with Gasteiger partial charge in [0.05, 0.1) is 6.04 Å². The van der Waals surface area contributed by atoms with Crippen molar-refractivity contribution in [3.63, 3.8) is 0 Å². The van der Waals surface area contributed by atoms with Gasteiger partial charge in [-0.2, -0.15) is 0 Å². The van der Waals surface area contributed by atoms with Crippen LogP contribution in [0.15, 0.2) is 48.7 Å². The van der Waals surface area contributed by atoms with E-state index in [2.05, 4.69) is 42.8 Å². The first-order chi connectivity index (χ1) is 10.1. The van der Waals surface area contributed by atoms with Gasteiger partial charge in [0.2, 0.25) is 5.91 Å². The molecule has 0 bridgehead atoms. The molecule has 1 amide bonds. The summed E-state index contributed by atoms with van der Waals surface area (Å²) in [4.78, 5) is 14.3. The van der Waals surface area contributed by atoms with Gasteiger partial charge in [0, 0.05) is 31.1 Å². The molecule has 0 radical (unpaired) electrons. The normalized spacial score (nSPS) is 18.0. The molecule has 0 saturated carbocycles. The van der Waals surface area contributed by atoms with Crippen molar-refractivity contribution < 1.29 is 4.79 Å². The van der Waals surface area contributed by atoms with Crippen molar-refractivity contribution in [3.05, 3.63) is 65.5 Å². The first-order valence-corrected chi connectivity index (χ1v) is 7.35. The first kappa shape index (κ1) is 13.7. The van der Waals surface area contributed by atoms with E-state index < -0.39 is 0 Å². The van der Waals surface area contributed by atoms with Crippen LogP contribution < -0.4 is 0 Å². The van der Waals surface area contributed by atoms with Crippen LogP contribution in [0.5, 0.6) is 0 Å². The van der Waals surface area contributed by atoms with Crippen LogP contribution in [0, 0.1) is 6.92 Å². The predicted molar refractivity (Wildman–Crippen MR) is 84.8 cm³/mol. The number of hydrogen-bond acceptors (Lipinski definition) is 1. The highest BCUT2D eigenvalue weighted by molar-refractivity contribution is 5.92. The van der Waals surface area contributed by atoms with Crippen LogP contribution in [0.4, 0.5) is 0 Å². The molecule has 2 aromatic rings. The fourth-order valence-corrected chi connectivity index (χ4v) is 2.82. The average Bonchev–Trinajstić information content (AvgIpc) is 2.96. The van der Waals surface area contributed by atoms with Gasteiger partial charge in [0.25, 0.3) is 0 Å². The molecule has 2 heterocycles. The molecule has 1 aliphatic heterocycles. The molecule has 1 aliphatic rings. The summed E-state index contributed by atoms with van der Waals surface area (Å²) in [5.74, 6) is 0.0792. The molecule has 1 atom stereocenters. The van der Waals surface area contributed by atoms with E-state index in [1.165, 1.54) is 11.3 Å². The molecule has 3 heteroatoms. The Morgan fingerprint density at radius 1 is 1.19 bits per heavy atom. The highest BCUT2D eigenvalue weighted by Crippen LogP contribution is 2.25. The lowest BCUT2D eigenvalue weighted by Gasteiger charge is -2.34. The van der Waals surface area contributed by atoms with Crippen LogP contribution in [0.2, 0.25) is 0 Å². The fourth-order valence-electron chi connectivity index (χ4n) is 2.82. The van der Waals surface area contributed by atoms with Crippen molar-refractivity contribution in [2.45, 2.75) is 26.4 Å². The van der Waals surface area contributed by atoms with Crippen LogP contribution in [-0.2, 0) is 11.3 Å². The van der Waals surface area contributed by atoms with Gasteiger partial charge in [-0.15, -0.1) is 0 Å². The number of rotatable bonds is 2. The monoisotopic (exact) mass is 280 g/mol. The molecule has 0 fully saturated rings. The van der Waals surface area contributed by atoms with Gasteiger partial charge in [0.1, 0.15) is 0 Å². The maximum Gasteiger partial charge on any atom is 0.247 e. The molecule has 0 saturated heterocycles. The summed E-state index contributed by atoms with van der Waals surface area (Å²) in [7, 11) is 0. The van der Waals surface area contributed by atoms with E-state index in [1.54, 1.807) is 6.08 Å². The number of amides is 1. The minimum atomic E-state index is 0.0792. The lowest BCUT2D eigenvalue weighted by atomic mass is 10.1. The Balaban J connectivity index is 1.73. The fraction of sp³-hybridized carbons (Fsp3) is 0.278. The molecule has 108 valence electrons. The Morgan fingerprint density at radius 3 is 2.71 bits per heavy atom. The number of carbonyl (C=O) groups excluding carboxylic acids is 1. The van der Waals surface area contributed by atoms with E-state index in [9.17, 15) is 4.79 Å². The van der Waals surface area contributed by atoms with Crippen molar-refractivity contribution in [3.8, 4) is 0 Å². The SMILES string of the molecule is Cc1ccc(/C=C/C(=O)N2CCn3cccc3[C@@H]2C)cc1. The third-order valence-electron chi connectivity index (χ3n) is 4.12. The third-order valence-corrected chi connectivity index (χ3v) is 4.12. The van der Waals surface area contributed by atoms with E-state index in [4.69, 9.17) is 0 Å². The highest BCUT2D eigenvalue weighted by atomic mass is 16.2. The zero-order chi connectivity index (χ0) is 14.8. The van der Waals surface area contributed by atoms with Gasteiger partial charge in [0.15, 0.2) is 0 Å². The summed E-state index contributed by atoms with van der Waals surface area (Å²) in [6.07, 6.45) is 5.65. The van der Waals surface area contributed by atoms with Crippen molar-refractivity contribution >= 4 is 12.0 Å². The Hall–Kier alpha value is -2.29. The molecule has 1 aromatic carbocycles. The van der Waals surface area contributed by atoms with Gasteiger partial charge in [-0.05, 0) is 37.6 Å². The topological polar surface area (TPSA) is 25.2 Å². The molecule has 0 aliphatic carbocycles. The van der Waals surface area contributed by atoms with E-state index in [0.29, 0.717) is 0 Å². The summed E-state index contributed by atoms with van der Waals surface area (Å²) < 4.78 is 2.22. The zero-order valence-corrected chi connectivity index (χ0v) is 12.5. The molecular formula is C18H20N2O. The molecule has 0 N–H and O–H groups in total. The summed E-state index contributed by atoms with van der Waals surface area (Å²) in [6, 6.07) is 12.4. The van der Waals surface area contributed by atoms with Crippen molar-refractivity contribution in [1.29, 1.82) is 0 Å². The number of carbonyl (C=O) groups is 1. The Kier molecular flexibility index (Phi) is 3.65. The van der Waals surface area contributed by atoms with E-state index in [0.717, 1.165) is 18.7 Å². The Labute approximate surface area is 125 Å². The van der Waals surface area contributed by atoms with Crippen LogP contribution >= 0.6 is 0 Å². The average molecular weight is 280 g/mol. The summed E-state index contributed by atoms with van der Waals surface area (Å²) in [5, 5.41) is 0.